The first-order valence-electron chi connectivity index (χ1n) is 16.7. The van der Waals surface area contributed by atoms with Gasteiger partial charge in [0.2, 0.25) is 18.2 Å². The molecule has 13 heteroatoms. The highest BCUT2D eigenvalue weighted by atomic mass is 32.1. The molecule has 12 nitrogen and oxygen atoms in total. The number of anilines is 1. The summed E-state index contributed by atoms with van der Waals surface area (Å²) in [5.74, 6) is -1.66. The van der Waals surface area contributed by atoms with E-state index in [9.17, 15) is 24.0 Å². The topological polar surface area (TPSA) is 155 Å². The van der Waals surface area contributed by atoms with Crippen LogP contribution in [0.25, 0.3) is 10.1 Å². The van der Waals surface area contributed by atoms with E-state index in [1.807, 2.05) is 53.9 Å². The van der Waals surface area contributed by atoms with Crippen LogP contribution in [0.4, 0.5) is 15.3 Å². The molecule has 1 fully saturated rings. The van der Waals surface area contributed by atoms with Gasteiger partial charge in [0.15, 0.2) is 0 Å². The number of hydrogen-bond acceptors (Lipinski definition) is 8. The number of carbonyl (C=O) groups excluding carboxylic acids is 5. The van der Waals surface area contributed by atoms with Crippen LogP contribution in [0, 0.1) is 0 Å². The van der Waals surface area contributed by atoms with Crippen LogP contribution in [-0.4, -0.2) is 65.4 Å². The van der Waals surface area contributed by atoms with Crippen LogP contribution in [0.5, 0.6) is 0 Å². The molecule has 4 N–H and O–H groups in total. The first-order chi connectivity index (χ1) is 23.3. The second-order valence-electron chi connectivity index (χ2n) is 15.5. The molecule has 0 spiro atoms. The quantitative estimate of drug-likeness (QED) is 0.157. The fourth-order valence-corrected chi connectivity index (χ4v) is 7.35. The highest BCUT2D eigenvalue weighted by Crippen LogP contribution is 2.54. The molecule has 268 valence electrons. The van der Waals surface area contributed by atoms with E-state index in [-0.39, 0.29) is 24.8 Å². The third kappa shape index (κ3) is 8.04. The standard InChI is InChI=1S/C37H47N5O7S/c1-34(2,3)48-32(46)41-36(7,8)30(44)40-37(18-26(37)25-20-50-28-16-12-10-14-24(25)28)31(45)39-29(38-21-43)17-22-19-42(33(47)49-35(4,5)6)27-15-11-9-13-23(22)27/h9-16,20-22,26,29H,17-19H2,1-8H3,(H,38,43)(H,39,45)(H,40,44)(H,41,46)/t22?,26-,29-,37+/m1/s1. The van der Waals surface area contributed by atoms with Gasteiger partial charge in [0, 0.05) is 23.1 Å². The van der Waals surface area contributed by atoms with Crippen molar-refractivity contribution in [3.05, 3.63) is 65.0 Å². The Hall–Kier alpha value is -4.65. The number of alkyl carbamates (subject to hydrolysis) is 1. The largest absolute Gasteiger partial charge is 0.444 e. The summed E-state index contributed by atoms with van der Waals surface area (Å²) in [5.41, 5.74) is -1.74. The molecule has 0 bridgehead atoms. The minimum absolute atomic E-state index is 0.241. The maximum absolute atomic E-state index is 14.4. The predicted octanol–water partition coefficient (Wildman–Crippen LogP) is 5.66. The van der Waals surface area contributed by atoms with Crippen molar-refractivity contribution in [2.75, 3.05) is 11.4 Å². The molecule has 0 radical (unpaired) electrons. The summed E-state index contributed by atoms with van der Waals surface area (Å²) >= 11 is 1.56. The predicted molar refractivity (Wildman–Crippen MR) is 192 cm³/mol. The first-order valence-corrected chi connectivity index (χ1v) is 17.6. The summed E-state index contributed by atoms with van der Waals surface area (Å²) < 4.78 is 12.1. The number of fused-ring (bicyclic) bond motifs is 2. The lowest BCUT2D eigenvalue weighted by molar-refractivity contribution is -0.133. The van der Waals surface area contributed by atoms with Crippen molar-refractivity contribution in [1.82, 2.24) is 21.3 Å². The van der Waals surface area contributed by atoms with Gasteiger partial charge in [0.25, 0.3) is 0 Å². The van der Waals surface area contributed by atoms with E-state index in [1.165, 1.54) is 0 Å². The lowest BCUT2D eigenvalue weighted by Crippen LogP contribution is -2.62. The summed E-state index contributed by atoms with van der Waals surface area (Å²) in [4.78, 5) is 67.5. The van der Waals surface area contributed by atoms with Gasteiger partial charge in [-0.1, -0.05) is 36.4 Å². The van der Waals surface area contributed by atoms with E-state index in [2.05, 4.69) is 21.3 Å². The molecule has 1 aromatic heterocycles. The number of hydrogen-bond donors (Lipinski definition) is 4. The number of amides is 5. The molecule has 1 saturated carbocycles. The van der Waals surface area contributed by atoms with Crippen molar-refractivity contribution < 1.29 is 33.4 Å². The second kappa shape index (κ2) is 13.6. The lowest BCUT2D eigenvalue weighted by Gasteiger charge is -2.31. The average Bonchev–Trinajstić information content (AvgIpc) is 3.37. The van der Waals surface area contributed by atoms with Gasteiger partial charge in [-0.3, -0.25) is 19.3 Å². The van der Waals surface area contributed by atoms with Gasteiger partial charge in [-0.25, -0.2) is 9.59 Å². The number of carbonyl (C=O) groups is 5. The van der Waals surface area contributed by atoms with Crippen molar-refractivity contribution in [2.45, 2.75) is 109 Å². The molecule has 5 amide bonds. The van der Waals surface area contributed by atoms with Crippen LogP contribution in [0.1, 0.15) is 91.2 Å². The zero-order valence-corrected chi connectivity index (χ0v) is 30.7. The van der Waals surface area contributed by atoms with E-state index in [4.69, 9.17) is 9.47 Å². The van der Waals surface area contributed by atoms with Crippen molar-refractivity contribution in [2.24, 2.45) is 0 Å². The number of para-hydroxylation sites is 1. The number of ether oxygens (including phenoxy) is 2. The van der Waals surface area contributed by atoms with Crippen LogP contribution in [0.2, 0.25) is 0 Å². The molecular weight excluding hydrogens is 659 g/mol. The first kappa shape index (κ1) is 36.6. The summed E-state index contributed by atoms with van der Waals surface area (Å²) in [6.45, 7) is 14.0. The fraction of sp³-hybridized carbons (Fsp3) is 0.486. The smallest absolute Gasteiger partial charge is 0.414 e. The van der Waals surface area contributed by atoms with Gasteiger partial charge in [-0.05, 0) is 102 Å². The monoisotopic (exact) mass is 705 g/mol. The highest BCUT2D eigenvalue weighted by molar-refractivity contribution is 7.17. The number of nitrogens with one attached hydrogen (secondary N) is 4. The zero-order valence-electron chi connectivity index (χ0n) is 29.8. The molecule has 0 saturated heterocycles. The van der Waals surface area contributed by atoms with Crippen LogP contribution < -0.4 is 26.2 Å². The van der Waals surface area contributed by atoms with Crippen LogP contribution in [-0.2, 0) is 23.9 Å². The average molecular weight is 706 g/mol. The molecule has 5 rings (SSSR count). The minimum Gasteiger partial charge on any atom is -0.444 e. The number of rotatable bonds is 10. The van der Waals surface area contributed by atoms with Crippen LogP contribution in [0.3, 0.4) is 0 Å². The molecule has 4 atom stereocenters. The molecule has 1 aliphatic heterocycles. The second-order valence-corrected chi connectivity index (χ2v) is 16.4. The molecule has 3 aromatic rings. The van der Waals surface area contributed by atoms with Gasteiger partial charge < -0.3 is 30.7 Å². The fourth-order valence-electron chi connectivity index (χ4n) is 6.34. The normalized spacial score (nSPS) is 20.7. The summed E-state index contributed by atoms with van der Waals surface area (Å²) in [6.07, 6.45) is -0.987. The third-order valence-corrected chi connectivity index (χ3v) is 9.73. The van der Waals surface area contributed by atoms with E-state index < -0.39 is 52.4 Å². The molecule has 2 aliphatic rings. The molecule has 1 aliphatic carbocycles. The number of benzene rings is 2. The Morgan fingerprint density at radius 1 is 0.940 bits per heavy atom. The number of thiophene rings is 1. The van der Waals surface area contributed by atoms with Gasteiger partial charge in [0.05, 0.1) is 5.69 Å². The van der Waals surface area contributed by atoms with Gasteiger partial charge in [-0.15, -0.1) is 11.3 Å². The highest BCUT2D eigenvalue weighted by Gasteiger charge is 2.63. The summed E-state index contributed by atoms with van der Waals surface area (Å²) in [6, 6.07) is 15.4. The van der Waals surface area contributed by atoms with Crippen molar-refractivity contribution in [3.8, 4) is 0 Å². The molecule has 50 heavy (non-hydrogen) atoms. The third-order valence-electron chi connectivity index (χ3n) is 8.75. The van der Waals surface area contributed by atoms with Gasteiger partial charge in [-0.2, -0.15) is 0 Å². The van der Waals surface area contributed by atoms with Crippen molar-refractivity contribution in [1.29, 1.82) is 0 Å². The van der Waals surface area contributed by atoms with E-state index >= 15 is 0 Å². The Kier molecular flexibility index (Phi) is 9.95. The Bertz CT molecular complexity index is 1790. The molecule has 2 heterocycles. The minimum atomic E-state index is -1.43. The Balaban J connectivity index is 1.39. The lowest BCUT2D eigenvalue weighted by atomic mass is 9.96. The SMILES string of the molecule is CC(C)(C)OC(=O)NC(C)(C)C(=O)N[C@@]1(C(=O)N[C@H](CC2CN(C(=O)OC(C)(C)C)c3ccccc32)NC=O)C[C@@H]1c1csc2ccccc12. The van der Waals surface area contributed by atoms with E-state index in [0.29, 0.717) is 18.5 Å². The summed E-state index contributed by atoms with van der Waals surface area (Å²) in [5, 5.41) is 14.3. The molecule has 1 unspecified atom stereocenters. The Labute approximate surface area is 296 Å². The maximum Gasteiger partial charge on any atom is 0.414 e. The maximum atomic E-state index is 14.4. The van der Waals surface area contributed by atoms with E-state index in [0.717, 1.165) is 21.2 Å². The van der Waals surface area contributed by atoms with Gasteiger partial charge in [0.1, 0.15) is 28.4 Å². The number of nitrogens with zero attached hydrogens (tertiary/aromatic N) is 1. The Morgan fingerprint density at radius 3 is 2.28 bits per heavy atom. The van der Waals surface area contributed by atoms with E-state index in [1.54, 1.807) is 71.6 Å². The summed E-state index contributed by atoms with van der Waals surface area (Å²) in [7, 11) is 0. The Morgan fingerprint density at radius 2 is 1.60 bits per heavy atom. The zero-order chi connectivity index (χ0) is 36.6. The van der Waals surface area contributed by atoms with Crippen molar-refractivity contribution in [3.63, 3.8) is 0 Å². The molecular formula is C37H47N5O7S. The molecule has 2 aromatic carbocycles. The van der Waals surface area contributed by atoms with Gasteiger partial charge >= 0.3 is 12.2 Å². The van der Waals surface area contributed by atoms with Crippen LogP contribution in [0.15, 0.2) is 53.9 Å². The van der Waals surface area contributed by atoms with Crippen LogP contribution >= 0.6 is 11.3 Å². The van der Waals surface area contributed by atoms with Crippen molar-refractivity contribution >= 4 is 57.5 Å².